The highest BCUT2D eigenvalue weighted by molar-refractivity contribution is 7.07. The van der Waals surface area contributed by atoms with E-state index < -0.39 is 0 Å². The van der Waals surface area contributed by atoms with Crippen molar-refractivity contribution in [3.05, 3.63) is 161 Å². The summed E-state index contributed by atoms with van der Waals surface area (Å²) in [5.74, 6) is 0.259. The summed E-state index contributed by atoms with van der Waals surface area (Å²) in [7, 11) is 0. The Balaban J connectivity index is 1.36. The summed E-state index contributed by atoms with van der Waals surface area (Å²) in [5, 5.41) is 0.649. The van der Waals surface area contributed by atoms with Gasteiger partial charge in [0.1, 0.15) is 18.2 Å². The molecule has 0 spiro atoms. The van der Waals surface area contributed by atoms with Gasteiger partial charge >= 0.3 is 0 Å². The number of hydrogen-bond acceptors (Lipinski definition) is 4. The highest BCUT2D eigenvalue weighted by atomic mass is 35.5. The molecule has 41 heavy (non-hydrogen) atoms. The topological polar surface area (TPSA) is 43.6 Å². The van der Waals surface area contributed by atoms with Crippen molar-refractivity contribution in [3.63, 3.8) is 0 Å². The first kappa shape index (κ1) is 25.7. The monoisotopic (exact) mass is 578 g/mol. The van der Waals surface area contributed by atoms with Crippen LogP contribution in [0, 0.1) is 5.82 Å². The molecule has 1 aromatic heterocycles. The fourth-order valence-electron chi connectivity index (χ4n) is 5.61. The SMILES string of the molecule is O=c1/c(=C\c2ccccc2OCc2ccccc2F)sc2n1[C@@H](c1ccc(Cl)cc1)C1=C(N=2)c2ccccc2CC1. The number of aromatic nitrogens is 1. The van der Waals surface area contributed by atoms with Gasteiger partial charge in [-0.2, -0.15) is 0 Å². The lowest BCUT2D eigenvalue weighted by atomic mass is 9.83. The van der Waals surface area contributed by atoms with Gasteiger partial charge in [0.05, 0.1) is 16.3 Å². The van der Waals surface area contributed by atoms with Crippen LogP contribution in [-0.2, 0) is 13.0 Å². The van der Waals surface area contributed by atoms with Crippen molar-refractivity contribution < 1.29 is 9.13 Å². The van der Waals surface area contributed by atoms with E-state index in [4.69, 9.17) is 21.3 Å². The second kappa shape index (κ2) is 10.6. The Morgan fingerprint density at radius 3 is 2.56 bits per heavy atom. The minimum absolute atomic E-state index is 0.0848. The molecule has 0 radical (unpaired) electrons. The number of benzene rings is 4. The fourth-order valence-corrected chi connectivity index (χ4v) is 6.73. The van der Waals surface area contributed by atoms with Gasteiger partial charge < -0.3 is 4.74 Å². The van der Waals surface area contributed by atoms with Gasteiger partial charge in [0.15, 0.2) is 4.80 Å². The number of aryl methyl sites for hydroxylation is 1. The normalized spacial score (nSPS) is 16.0. The lowest BCUT2D eigenvalue weighted by molar-refractivity contribution is 0.299. The predicted molar refractivity (Wildman–Crippen MR) is 161 cm³/mol. The third-order valence-corrected chi connectivity index (χ3v) is 8.84. The van der Waals surface area contributed by atoms with Crippen molar-refractivity contribution in [1.82, 2.24) is 4.57 Å². The minimum Gasteiger partial charge on any atom is -0.488 e. The molecule has 0 bridgehead atoms. The molecule has 0 fully saturated rings. The molecule has 7 rings (SSSR count). The summed E-state index contributed by atoms with van der Waals surface area (Å²) in [6, 6.07) is 29.8. The molecule has 4 aromatic carbocycles. The molecular formula is C34H24ClFN2O2S. The van der Waals surface area contributed by atoms with E-state index in [1.54, 1.807) is 18.2 Å². The first-order chi connectivity index (χ1) is 20.1. The van der Waals surface area contributed by atoms with Crippen molar-refractivity contribution >= 4 is 34.7 Å². The van der Waals surface area contributed by atoms with E-state index in [2.05, 4.69) is 18.2 Å². The summed E-state index contributed by atoms with van der Waals surface area (Å²) < 4.78 is 22.6. The van der Waals surface area contributed by atoms with Crippen LogP contribution in [0.4, 0.5) is 4.39 Å². The molecule has 5 aromatic rings. The van der Waals surface area contributed by atoms with Gasteiger partial charge in [0.2, 0.25) is 0 Å². The van der Waals surface area contributed by atoms with Gasteiger partial charge in [-0.3, -0.25) is 9.36 Å². The Morgan fingerprint density at radius 1 is 0.951 bits per heavy atom. The molecule has 2 heterocycles. The van der Waals surface area contributed by atoms with E-state index in [9.17, 15) is 9.18 Å². The first-order valence-electron chi connectivity index (χ1n) is 13.4. The van der Waals surface area contributed by atoms with Crippen LogP contribution in [0.3, 0.4) is 0 Å². The van der Waals surface area contributed by atoms with Crippen LogP contribution in [0.5, 0.6) is 5.75 Å². The smallest absolute Gasteiger partial charge is 0.271 e. The van der Waals surface area contributed by atoms with Crippen LogP contribution in [0.15, 0.2) is 112 Å². The molecule has 0 N–H and O–H groups in total. The Morgan fingerprint density at radius 2 is 1.71 bits per heavy atom. The van der Waals surface area contributed by atoms with Crippen LogP contribution in [-0.4, -0.2) is 4.57 Å². The summed E-state index contributed by atoms with van der Waals surface area (Å²) in [5.41, 5.74) is 6.58. The Hall–Kier alpha value is -4.26. The molecule has 4 nitrogen and oxygen atoms in total. The number of allylic oxidation sites excluding steroid dienone is 1. The number of nitrogens with zero attached hydrogens (tertiary/aromatic N) is 2. The number of halogens is 2. The number of hydrogen-bond donors (Lipinski definition) is 0. The zero-order valence-corrected chi connectivity index (χ0v) is 23.5. The standard InChI is InChI=1S/C34H24ClFN2O2S/c35-25-16-13-22(14-17-25)32-27-18-15-21-7-1-4-10-26(21)31(27)37-34-38(32)33(39)30(41-34)19-23-8-3-6-12-29(23)40-20-24-9-2-5-11-28(24)36/h1-14,16-17,19,32H,15,18,20H2/b30-19+/t32-/m0/s1. The van der Waals surface area contributed by atoms with Crippen molar-refractivity contribution in [2.75, 3.05) is 0 Å². The van der Waals surface area contributed by atoms with Crippen LogP contribution < -0.4 is 19.6 Å². The maximum absolute atomic E-state index is 14.2. The summed E-state index contributed by atoms with van der Waals surface area (Å²) in [6.45, 7) is 0.0848. The number of para-hydroxylation sites is 1. The highest BCUT2D eigenvalue weighted by Gasteiger charge is 2.32. The van der Waals surface area contributed by atoms with Gasteiger partial charge in [-0.1, -0.05) is 95.7 Å². The molecule has 2 aliphatic rings. The lowest BCUT2D eigenvalue weighted by Crippen LogP contribution is -2.38. The molecule has 0 unspecified atom stereocenters. The molecule has 1 atom stereocenters. The molecule has 1 aliphatic heterocycles. The largest absolute Gasteiger partial charge is 0.488 e. The number of thiazole rings is 1. The highest BCUT2D eigenvalue weighted by Crippen LogP contribution is 2.41. The number of rotatable bonds is 5. The average molecular weight is 579 g/mol. The van der Waals surface area contributed by atoms with E-state index in [-0.39, 0.29) is 24.0 Å². The number of fused-ring (bicyclic) bond motifs is 3. The van der Waals surface area contributed by atoms with Crippen molar-refractivity contribution in [3.8, 4) is 5.75 Å². The van der Waals surface area contributed by atoms with E-state index in [0.29, 0.717) is 25.7 Å². The zero-order chi connectivity index (χ0) is 27.9. The van der Waals surface area contributed by atoms with Gasteiger partial charge in [0, 0.05) is 21.7 Å². The molecule has 0 saturated heterocycles. The third-order valence-electron chi connectivity index (χ3n) is 7.61. The molecule has 7 heteroatoms. The van der Waals surface area contributed by atoms with Gasteiger partial charge in [-0.25, -0.2) is 9.38 Å². The summed E-state index contributed by atoms with van der Waals surface area (Å²) in [4.78, 5) is 19.8. The van der Waals surface area contributed by atoms with Crippen molar-refractivity contribution in [2.24, 2.45) is 4.99 Å². The molecule has 202 valence electrons. The minimum atomic E-state index is -0.314. The van der Waals surface area contributed by atoms with Crippen LogP contribution in [0.1, 0.15) is 40.3 Å². The Kier molecular flexibility index (Phi) is 6.65. The lowest BCUT2D eigenvalue weighted by Gasteiger charge is -2.30. The first-order valence-corrected chi connectivity index (χ1v) is 14.6. The molecule has 0 saturated carbocycles. The zero-order valence-electron chi connectivity index (χ0n) is 21.9. The number of ether oxygens (including phenoxy) is 1. The predicted octanol–water partition coefficient (Wildman–Crippen LogP) is 6.69. The van der Waals surface area contributed by atoms with Crippen LogP contribution >= 0.6 is 22.9 Å². The van der Waals surface area contributed by atoms with E-state index in [1.165, 1.54) is 23.0 Å². The van der Waals surface area contributed by atoms with Crippen LogP contribution in [0.2, 0.25) is 5.02 Å². The average Bonchev–Trinajstić information content (AvgIpc) is 3.31. The van der Waals surface area contributed by atoms with Crippen molar-refractivity contribution in [1.29, 1.82) is 0 Å². The Labute approximate surface area is 245 Å². The van der Waals surface area contributed by atoms with E-state index >= 15 is 0 Å². The fraction of sp³-hybridized carbons (Fsp3) is 0.118. The maximum Gasteiger partial charge on any atom is 0.271 e. The van der Waals surface area contributed by atoms with E-state index in [0.717, 1.165) is 40.8 Å². The molecular weight excluding hydrogens is 555 g/mol. The Bertz CT molecular complexity index is 2010. The summed E-state index contributed by atoms with van der Waals surface area (Å²) >= 11 is 7.60. The second-order valence-corrected chi connectivity index (χ2v) is 11.5. The summed E-state index contributed by atoms with van der Waals surface area (Å²) in [6.07, 6.45) is 3.56. The molecule has 1 aliphatic carbocycles. The quantitative estimate of drug-likeness (QED) is 0.233. The molecule has 0 amide bonds. The maximum atomic E-state index is 14.2. The van der Waals surface area contributed by atoms with E-state index in [1.807, 2.05) is 65.2 Å². The second-order valence-electron chi connectivity index (χ2n) is 10.1. The van der Waals surface area contributed by atoms with Crippen LogP contribution in [0.25, 0.3) is 11.8 Å². The van der Waals surface area contributed by atoms with Gasteiger partial charge in [-0.15, -0.1) is 0 Å². The van der Waals surface area contributed by atoms with Crippen molar-refractivity contribution in [2.45, 2.75) is 25.5 Å². The van der Waals surface area contributed by atoms with Gasteiger partial charge in [-0.05, 0) is 59.9 Å². The van der Waals surface area contributed by atoms with Gasteiger partial charge in [0.25, 0.3) is 5.56 Å². The third kappa shape index (κ3) is 4.73.